The van der Waals surface area contributed by atoms with Gasteiger partial charge in [0.15, 0.2) is 0 Å². The van der Waals surface area contributed by atoms with Crippen molar-refractivity contribution in [2.45, 2.75) is 18.4 Å². The van der Waals surface area contributed by atoms with E-state index in [2.05, 4.69) is 10.0 Å². The third-order valence-corrected chi connectivity index (χ3v) is 5.84. The van der Waals surface area contributed by atoms with Gasteiger partial charge >= 0.3 is 0 Å². The summed E-state index contributed by atoms with van der Waals surface area (Å²) in [5.41, 5.74) is 2.02. The van der Waals surface area contributed by atoms with Crippen molar-refractivity contribution in [1.82, 2.24) is 4.72 Å². The number of sulfonamides is 1. The fourth-order valence-electron chi connectivity index (χ4n) is 2.53. The molecular formula is C21H18ClFN2O3S. The second-order valence-electron chi connectivity index (χ2n) is 6.41. The summed E-state index contributed by atoms with van der Waals surface area (Å²) in [5, 5.41) is 2.89. The van der Waals surface area contributed by atoms with Crippen LogP contribution in [0.5, 0.6) is 0 Å². The molecule has 150 valence electrons. The normalized spacial score (nSPS) is 11.3. The summed E-state index contributed by atoms with van der Waals surface area (Å²) in [5.74, 6) is -1.39. The van der Waals surface area contributed by atoms with Crippen LogP contribution in [0, 0.1) is 12.7 Å². The van der Waals surface area contributed by atoms with Gasteiger partial charge in [0.25, 0.3) is 5.91 Å². The Labute approximate surface area is 173 Å². The molecule has 2 N–H and O–H groups in total. The standard InChI is InChI=1S/C21H18ClFN2O3S/c1-14-2-4-15(5-3-14)13-24-29(27,28)18-10-11-20(19(23)12-18)25-21(26)16-6-8-17(22)9-7-16/h2-12,24H,13H2,1H3,(H,25,26). The highest BCUT2D eigenvalue weighted by atomic mass is 35.5. The van der Waals surface area contributed by atoms with Crippen molar-refractivity contribution >= 4 is 33.2 Å². The summed E-state index contributed by atoms with van der Waals surface area (Å²) in [6, 6.07) is 16.8. The van der Waals surface area contributed by atoms with Gasteiger partial charge in [0.05, 0.1) is 10.6 Å². The van der Waals surface area contributed by atoms with Crippen molar-refractivity contribution < 1.29 is 17.6 Å². The molecule has 0 heterocycles. The first-order valence-electron chi connectivity index (χ1n) is 8.66. The molecule has 5 nitrogen and oxygen atoms in total. The summed E-state index contributed by atoms with van der Waals surface area (Å²) in [7, 11) is -3.91. The quantitative estimate of drug-likeness (QED) is 0.601. The van der Waals surface area contributed by atoms with Crippen molar-refractivity contribution in [3.05, 3.63) is 94.3 Å². The summed E-state index contributed by atoms with van der Waals surface area (Å²) in [6.07, 6.45) is 0. The van der Waals surface area contributed by atoms with Gasteiger partial charge in [0.2, 0.25) is 10.0 Å². The topological polar surface area (TPSA) is 75.3 Å². The van der Waals surface area contributed by atoms with Crippen LogP contribution in [0.4, 0.5) is 10.1 Å². The third kappa shape index (κ3) is 5.41. The molecule has 0 aliphatic heterocycles. The average molecular weight is 433 g/mol. The number of halogens is 2. The van der Waals surface area contributed by atoms with E-state index < -0.39 is 21.7 Å². The van der Waals surface area contributed by atoms with Gasteiger partial charge in [-0.25, -0.2) is 17.5 Å². The van der Waals surface area contributed by atoms with Crippen LogP contribution in [0.1, 0.15) is 21.5 Å². The van der Waals surface area contributed by atoms with Gasteiger partial charge in [0.1, 0.15) is 5.82 Å². The van der Waals surface area contributed by atoms with Crippen molar-refractivity contribution in [2.24, 2.45) is 0 Å². The van der Waals surface area contributed by atoms with Crippen LogP contribution >= 0.6 is 11.6 Å². The van der Waals surface area contributed by atoms with Crippen LogP contribution in [0.15, 0.2) is 71.6 Å². The van der Waals surface area contributed by atoms with Gasteiger partial charge < -0.3 is 5.32 Å². The summed E-state index contributed by atoms with van der Waals surface area (Å²) < 4.78 is 41.7. The van der Waals surface area contributed by atoms with E-state index in [9.17, 15) is 17.6 Å². The number of carbonyl (C=O) groups is 1. The Morgan fingerprint density at radius 1 is 1.00 bits per heavy atom. The Balaban J connectivity index is 1.71. The highest BCUT2D eigenvalue weighted by molar-refractivity contribution is 7.89. The van der Waals surface area contributed by atoms with Crippen LogP contribution < -0.4 is 10.0 Å². The minimum absolute atomic E-state index is 0.0826. The van der Waals surface area contributed by atoms with Crippen molar-refractivity contribution in [3.63, 3.8) is 0 Å². The van der Waals surface area contributed by atoms with Crippen LogP contribution in [0.3, 0.4) is 0 Å². The highest BCUT2D eigenvalue weighted by Gasteiger charge is 2.17. The summed E-state index contributed by atoms with van der Waals surface area (Å²) in [6.45, 7) is 2.02. The first kappa shape index (κ1) is 21.0. The largest absolute Gasteiger partial charge is 0.319 e. The number of benzene rings is 3. The number of carbonyl (C=O) groups excluding carboxylic acids is 1. The molecule has 0 saturated carbocycles. The Hall–Kier alpha value is -2.74. The number of hydrogen-bond acceptors (Lipinski definition) is 3. The fraction of sp³-hybridized carbons (Fsp3) is 0.0952. The first-order chi connectivity index (χ1) is 13.7. The number of rotatable bonds is 6. The Morgan fingerprint density at radius 3 is 2.28 bits per heavy atom. The minimum Gasteiger partial charge on any atom is -0.319 e. The van der Waals surface area contributed by atoms with Gasteiger partial charge in [-0.2, -0.15) is 0 Å². The number of hydrogen-bond donors (Lipinski definition) is 2. The molecule has 29 heavy (non-hydrogen) atoms. The zero-order valence-electron chi connectivity index (χ0n) is 15.4. The molecule has 0 atom stereocenters. The molecule has 0 saturated heterocycles. The highest BCUT2D eigenvalue weighted by Crippen LogP contribution is 2.20. The predicted molar refractivity (Wildman–Crippen MR) is 111 cm³/mol. The lowest BCUT2D eigenvalue weighted by molar-refractivity contribution is 0.102. The summed E-state index contributed by atoms with van der Waals surface area (Å²) in [4.78, 5) is 12.0. The molecule has 3 aromatic carbocycles. The zero-order chi connectivity index (χ0) is 21.0. The number of aryl methyl sites for hydroxylation is 1. The van der Waals surface area contributed by atoms with E-state index in [0.717, 1.165) is 17.2 Å². The zero-order valence-corrected chi connectivity index (χ0v) is 17.0. The molecule has 3 rings (SSSR count). The lowest BCUT2D eigenvalue weighted by atomic mass is 10.2. The van der Waals surface area contributed by atoms with Crippen molar-refractivity contribution in [2.75, 3.05) is 5.32 Å². The second kappa shape index (κ2) is 8.73. The SMILES string of the molecule is Cc1ccc(CNS(=O)(=O)c2ccc(NC(=O)c3ccc(Cl)cc3)c(F)c2)cc1. The number of nitrogens with one attached hydrogen (secondary N) is 2. The fourth-order valence-corrected chi connectivity index (χ4v) is 3.68. The van der Waals surface area contributed by atoms with Crippen molar-refractivity contribution in [3.8, 4) is 0 Å². The molecule has 0 bridgehead atoms. The van der Waals surface area contributed by atoms with Gasteiger partial charge in [-0.3, -0.25) is 4.79 Å². The molecule has 0 radical (unpaired) electrons. The molecule has 0 unspecified atom stereocenters. The predicted octanol–water partition coefficient (Wildman–Crippen LogP) is 4.52. The molecule has 0 spiro atoms. The minimum atomic E-state index is -3.91. The lowest BCUT2D eigenvalue weighted by Crippen LogP contribution is -2.23. The van der Waals surface area contributed by atoms with E-state index in [4.69, 9.17) is 11.6 Å². The Morgan fingerprint density at radius 2 is 1.66 bits per heavy atom. The van der Waals surface area contributed by atoms with E-state index in [-0.39, 0.29) is 17.1 Å². The molecule has 0 aromatic heterocycles. The second-order valence-corrected chi connectivity index (χ2v) is 8.62. The van der Waals surface area contributed by atoms with Crippen LogP contribution in [0.25, 0.3) is 0 Å². The van der Waals surface area contributed by atoms with Gasteiger partial charge in [0, 0.05) is 17.1 Å². The van der Waals surface area contributed by atoms with Gasteiger partial charge in [-0.1, -0.05) is 41.4 Å². The monoisotopic (exact) mass is 432 g/mol. The molecule has 0 aliphatic rings. The molecule has 8 heteroatoms. The van der Waals surface area contributed by atoms with E-state index in [1.54, 1.807) is 12.1 Å². The average Bonchev–Trinajstić information content (AvgIpc) is 2.69. The van der Waals surface area contributed by atoms with E-state index in [1.165, 1.54) is 24.3 Å². The molecular weight excluding hydrogens is 415 g/mol. The summed E-state index contributed by atoms with van der Waals surface area (Å²) >= 11 is 5.78. The van der Waals surface area contributed by atoms with Gasteiger partial charge in [-0.05, 0) is 55.0 Å². The van der Waals surface area contributed by atoms with Crippen molar-refractivity contribution in [1.29, 1.82) is 0 Å². The number of amides is 1. The Bertz CT molecular complexity index is 1130. The first-order valence-corrected chi connectivity index (χ1v) is 10.5. The smallest absolute Gasteiger partial charge is 0.255 e. The number of anilines is 1. The molecule has 0 fully saturated rings. The van der Waals surface area contributed by atoms with E-state index in [0.29, 0.717) is 10.6 Å². The van der Waals surface area contributed by atoms with E-state index >= 15 is 0 Å². The van der Waals surface area contributed by atoms with E-state index in [1.807, 2.05) is 31.2 Å². The molecule has 1 amide bonds. The Kier molecular flexibility index (Phi) is 6.32. The maximum Gasteiger partial charge on any atom is 0.255 e. The van der Waals surface area contributed by atoms with Crippen LogP contribution in [0.2, 0.25) is 5.02 Å². The lowest BCUT2D eigenvalue weighted by Gasteiger charge is -2.10. The maximum absolute atomic E-state index is 14.4. The third-order valence-electron chi connectivity index (χ3n) is 4.19. The van der Waals surface area contributed by atoms with Crippen LogP contribution in [-0.2, 0) is 16.6 Å². The maximum atomic E-state index is 14.4. The molecule has 3 aromatic rings. The van der Waals surface area contributed by atoms with Gasteiger partial charge in [-0.15, -0.1) is 0 Å². The molecule has 0 aliphatic carbocycles. The van der Waals surface area contributed by atoms with Crippen LogP contribution in [-0.4, -0.2) is 14.3 Å².